The van der Waals surface area contributed by atoms with E-state index in [9.17, 15) is 9.59 Å². The van der Waals surface area contributed by atoms with Gasteiger partial charge in [-0.25, -0.2) is 9.97 Å². The number of rotatable bonds is 4. The Hall–Kier alpha value is -2.94. The lowest BCUT2D eigenvalue weighted by Gasteiger charge is -2.35. The minimum Gasteiger partial charge on any atom is -0.366 e. The standard InChI is InChI=1S/C19H22N6O2S/c1-3-12-14(16(20)26)11(2)23-15(12)19(27)25-7-5-24(6-8-25)17-13-4-9-28-18(13)22-10-21-17/h4,9-10,23H,3,5-8H2,1-2H3,(H2,20,26). The summed E-state index contributed by atoms with van der Waals surface area (Å²) in [5.41, 5.74) is 7.76. The van der Waals surface area contributed by atoms with Crippen LogP contribution in [-0.4, -0.2) is 57.8 Å². The van der Waals surface area contributed by atoms with Crippen LogP contribution in [0.2, 0.25) is 0 Å². The van der Waals surface area contributed by atoms with Crippen molar-refractivity contribution in [2.24, 2.45) is 5.73 Å². The molecule has 146 valence electrons. The number of thiophene rings is 1. The molecule has 2 amide bonds. The Morgan fingerprint density at radius 2 is 2.00 bits per heavy atom. The maximum atomic E-state index is 13.1. The van der Waals surface area contributed by atoms with Gasteiger partial charge < -0.3 is 20.5 Å². The van der Waals surface area contributed by atoms with Crippen LogP contribution in [0.3, 0.4) is 0 Å². The van der Waals surface area contributed by atoms with Gasteiger partial charge in [-0.2, -0.15) is 0 Å². The summed E-state index contributed by atoms with van der Waals surface area (Å²) in [6.07, 6.45) is 2.16. The normalized spacial score (nSPS) is 14.6. The summed E-state index contributed by atoms with van der Waals surface area (Å²) in [5.74, 6) is 0.327. The molecule has 1 aliphatic heterocycles. The number of nitrogens with zero attached hydrogens (tertiary/aromatic N) is 4. The van der Waals surface area contributed by atoms with E-state index in [1.807, 2.05) is 23.3 Å². The number of hydrogen-bond acceptors (Lipinski definition) is 6. The van der Waals surface area contributed by atoms with Crippen molar-refractivity contribution in [2.75, 3.05) is 31.1 Å². The third kappa shape index (κ3) is 3.01. The van der Waals surface area contributed by atoms with Crippen molar-refractivity contribution in [3.8, 4) is 0 Å². The van der Waals surface area contributed by atoms with Crippen molar-refractivity contribution in [2.45, 2.75) is 20.3 Å². The highest BCUT2D eigenvalue weighted by Crippen LogP contribution is 2.28. The van der Waals surface area contributed by atoms with Crippen molar-refractivity contribution in [1.29, 1.82) is 0 Å². The van der Waals surface area contributed by atoms with Gasteiger partial charge in [-0.05, 0) is 30.4 Å². The number of primary amides is 1. The average molecular weight is 398 g/mol. The third-order valence-corrected chi connectivity index (χ3v) is 6.03. The second-order valence-electron chi connectivity index (χ2n) is 6.81. The predicted octanol–water partition coefficient (Wildman–Crippen LogP) is 1.95. The van der Waals surface area contributed by atoms with Gasteiger partial charge in [0.15, 0.2) is 0 Å². The fourth-order valence-corrected chi connectivity index (χ4v) is 4.58. The topological polar surface area (TPSA) is 108 Å². The van der Waals surface area contributed by atoms with E-state index in [0.717, 1.165) is 16.0 Å². The van der Waals surface area contributed by atoms with E-state index >= 15 is 0 Å². The Labute approximate surface area is 166 Å². The molecule has 0 radical (unpaired) electrons. The molecule has 3 aromatic rings. The molecular formula is C19H22N6O2S. The minimum absolute atomic E-state index is 0.0875. The molecule has 3 N–H and O–H groups in total. The number of aryl methyl sites for hydroxylation is 1. The summed E-state index contributed by atoms with van der Waals surface area (Å²) in [6.45, 7) is 6.25. The van der Waals surface area contributed by atoms with Gasteiger partial charge in [0.05, 0.1) is 10.9 Å². The van der Waals surface area contributed by atoms with Crippen molar-refractivity contribution >= 4 is 39.2 Å². The van der Waals surface area contributed by atoms with Gasteiger partial charge in [0.1, 0.15) is 22.7 Å². The molecule has 9 heteroatoms. The molecule has 0 atom stereocenters. The number of carbonyl (C=O) groups is 2. The highest BCUT2D eigenvalue weighted by Gasteiger charge is 2.28. The van der Waals surface area contributed by atoms with Gasteiger partial charge in [-0.1, -0.05) is 6.92 Å². The smallest absolute Gasteiger partial charge is 0.270 e. The second kappa shape index (κ2) is 7.23. The molecule has 1 saturated heterocycles. The van der Waals surface area contributed by atoms with Gasteiger partial charge in [0.25, 0.3) is 11.8 Å². The van der Waals surface area contributed by atoms with E-state index in [2.05, 4.69) is 19.9 Å². The number of aromatic nitrogens is 3. The monoisotopic (exact) mass is 398 g/mol. The third-order valence-electron chi connectivity index (χ3n) is 5.21. The average Bonchev–Trinajstić information content (AvgIpc) is 3.31. The molecule has 4 heterocycles. The molecule has 1 aliphatic rings. The van der Waals surface area contributed by atoms with Crippen LogP contribution in [0.1, 0.15) is 39.0 Å². The van der Waals surface area contributed by atoms with Crippen LogP contribution in [0.15, 0.2) is 17.8 Å². The van der Waals surface area contributed by atoms with E-state index < -0.39 is 5.91 Å². The molecule has 0 unspecified atom stereocenters. The SMILES string of the molecule is CCc1c(C(=O)N2CCN(c3ncnc4sccc34)CC2)[nH]c(C)c1C(N)=O. The van der Waals surface area contributed by atoms with E-state index in [-0.39, 0.29) is 5.91 Å². The van der Waals surface area contributed by atoms with E-state index in [1.165, 1.54) is 0 Å². The first-order valence-corrected chi connectivity index (χ1v) is 10.1. The zero-order valence-electron chi connectivity index (χ0n) is 15.9. The first kappa shape index (κ1) is 18.4. The molecule has 3 aromatic heterocycles. The first-order chi connectivity index (χ1) is 13.5. The lowest BCUT2D eigenvalue weighted by Crippen LogP contribution is -2.49. The van der Waals surface area contributed by atoms with Crippen LogP contribution in [0, 0.1) is 6.92 Å². The lowest BCUT2D eigenvalue weighted by atomic mass is 10.0. The van der Waals surface area contributed by atoms with Crippen LogP contribution in [0.25, 0.3) is 10.2 Å². The van der Waals surface area contributed by atoms with Crippen molar-refractivity contribution in [3.63, 3.8) is 0 Å². The number of amides is 2. The molecule has 28 heavy (non-hydrogen) atoms. The molecule has 0 aromatic carbocycles. The van der Waals surface area contributed by atoms with Crippen LogP contribution in [-0.2, 0) is 6.42 Å². The quantitative estimate of drug-likeness (QED) is 0.698. The van der Waals surface area contributed by atoms with Crippen molar-refractivity contribution in [3.05, 3.63) is 40.3 Å². The molecule has 0 aliphatic carbocycles. The summed E-state index contributed by atoms with van der Waals surface area (Å²) in [6, 6.07) is 2.04. The van der Waals surface area contributed by atoms with Gasteiger partial charge in [-0.15, -0.1) is 11.3 Å². The largest absolute Gasteiger partial charge is 0.366 e. The molecule has 0 saturated carbocycles. The highest BCUT2D eigenvalue weighted by molar-refractivity contribution is 7.16. The fourth-order valence-electron chi connectivity index (χ4n) is 3.85. The van der Waals surface area contributed by atoms with Gasteiger partial charge in [0, 0.05) is 31.9 Å². The number of aromatic amines is 1. The molecule has 8 nitrogen and oxygen atoms in total. The Balaban J connectivity index is 1.53. The number of anilines is 1. The van der Waals surface area contributed by atoms with Crippen LogP contribution >= 0.6 is 11.3 Å². The molecular weight excluding hydrogens is 376 g/mol. The summed E-state index contributed by atoms with van der Waals surface area (Å²) in [5, 5.41) is 3.06. The first-order valence-electron chi connectivity index (χ1n) is 9.25. The number of fused-ring (bicyclic) bond motifs is 1. The number of hydrogen-bond donors (Lipinski definition) is 2. The predicted molar refractivity (Wildman–Crippen MR) is 109 cm³/mol. The van der Waals surface area contributed by atoms with Gasteiger partial charge in [-0.3, -0.25) is 9.59 Å². The maximum Gasteiger partial charge on any atom is 0.270 e. The summed E-state index contributed by atoms with van der Waals surface area (Å²) >= 11 is 1.59. The van der Waals surface area contributed by atoms with E-state index in [4.69, 9.17) is 5.73 Å². The van der Waals surface area contributed by atoms with Crippen LogP contribution in [0.4, 0.5) is 5.82 Å². The molecule has 4 rings (SSSR count). The highest BCUT2D eigenvalue weighted by atomic mass is 32.1. The number of carbonyl (C=O) groups excluding carboxylic acids is 2. The summed E-state index contributed by atoms with van der Waals surface area (Å²) < 4.78 is 0. The zero-order chi connectivity index (χ0) is 19.8. The lowest BCUT2D eigenvalue weighted by molar-refractivity contribution is 0.0740. The molecule has 1 fully saturated rings. The number of nitrogens with one attached hydrogen (secondary N) is 1. The van der Waals surface area contributed by atoms with E-state index in [1.54, 1.807) is 24.6 Å². The molecule has 0 bridgehead atoms. The summed E-state index contributed by atoms with van der Waals surface area (Å²) in [4.78, 5) is 41.6. The number of piperazine rings is 1. The fraction of sp³-hybridized carbons (Fsp3) is 0.368. The Kier molecular flexibility index (Phi) is 4.76. The second-order valence-corrected chi connectivity index (χ2v) is 7.71. The Morgan fingerprint density at radius 3 is 2.68 bits per heavy atom. The Morgan fingerprint density at radius 1 is 1.25 bits per heavy atom. The number of H-pyrrole nitrogens is 1. The number of nitrogens with two attached hydrogens (primary N) is 1. The Bertz CT molecular complexity index is 1050. The van der Waals surface area contributed by atoms with Gasteiger partial charge in [0.2, 0.25) is 0 Å². The minimum atomic E-state index is -0.502. The van der Waals surface area contributed by atoms with E-state index in [0.29, 0.717) is 55.1 Å². The maximum absolute atomic E-state index is 13.1. The summed E-state index contributed by atoms with van der Waals surface area (Å²) in [7, 11) is 0. The van der Waals surface area contributed by atoms with Crippen LogP contribution in [0.5, 0.6) is 0 Å². The van der Waals surface area contributed by atoms with Gasteiger partial charge >= 0.3 is 0 Å². The van der Waals surface area contributed by atoms with Crippen molar-refractivity contribution in [1.82, 2.24) is 19.9 Å². The van der Waals surface area contributed by atoms with Crippen molar-refractivity contribution < 1.29 is 9.59 Å². The van der Waals surface area contributed by atoms with Crippen LogP contribution < -0.4 is 10.6 Å². The molecule has 0 spiro atoms. The zero-order valence-corrected chi connectivity index (χ0v) is 16.7.